The first-order valence-corrected chi connectivity index (χ1v) is 9.42. The minimum absolute atomic E-state index is 0.0618. The average molecular weight is 350 g/mol. The van der Waals surface area contributed by atoms with Crippen LogP contribution in [0.25, 0.3) is 0 Å². The van der Waals surface area contributed by atoms with Crippen LogP contribution in [0.4, 0.5) is 0 Å². The quantitative estimate of drug-likeness (QED) is 0.766. The molecule has 1 N–H and O–H groups in total. The van der Waals surface area contributed by atoms with Crippen molar-refractivity contribution in [1.29, 1.82) is 0 Å². The summed E-state index contributed by atoms with van der Waals surface area (Å²) in [4.78, 5) is 28.3. The summed E-state index contributed by atoms with van der Waals surface area (Å²) in [5, 5.41) is 8.91. The number of carbonyl (C=O) groups is 2. The first-order chi connectivity index (χ1) is 11.6. The summed E-state index contributed by atoms with van der Waals surface area (Å²) in [6, 6.07) is 10.4. The number of rotatable bonds is 7. The van der Waals surface area contributed by atoms with Gasteiger partial charge in [0.2, 0.25) is 5.91 Å². The number of benzene rings is 1. The number of hydrogen-bond donors (Lipinski definition) is 1. The monoisotopic (exact) mass is 350 g/mol. The first-order valence-electron chi connectivity index (χ1n) is 8.44. The van der Waals surface area contributed by atoms with E-state index in [9.17, 15) is 9.59 Å². The van der Waals surface area contributed by atoms with Crippen LogP contribution in [-0.2, 0) is 9.59 Å². The van der Waals surface area contributed by atoms with Crippen LogP contribution in [0.3, 0.4) is 0 Å². The highest BCUT2D eigenvalue weighted by Crippen LogP contribution is 2.20. The Bertz CT molecular complexity index is 538. The zero-order valence-corrected chi connectivity index (χ0v) is 15.0. The molecule has 1 fully saturated rings. The molecular formula is C18H26N2O3S. The van der Waals surface area contributed by atoms with Crippen LogP contribution in [0.2, 0.25) is 0 Å². The number of carbonyl (C=O) groups excluding carboxylic acids is 1. The highest BCUT2D eigenvalue weighted by Gasteiger charge is 2.23. The third-order valence-corrected chi connectivity index (χ3v) is 5.40. The second-order valence-electron chi connectivity index (χ2n) is 6.19. The summed E-state index contributed by atoms with van der Waals surface area (Å²) in [5.41, 5.74) is 0. The second-order valence-corrected chi connectivity index (χ2v) is 7.35. The lowest BCUT2D eigenvalue weighted by Crippen LogP contribution is -2.37. The van der Waals surface area contributed by atoms with E-state index in [1.54, 1.807) is 11.8 Å². The lowest BCUT2D eigenvalue weighted by Gasteiger charge is -2.25. The fraction of sp³-hybridized carbons (Fsp3) is 0.556. The molecule has 0 radical (unpaired) electrons. The summed E-state index contributed by atoms with van der Waals surface area (Å²) in [6.07, 6.45) is 3.29. The number of carboxylic acid groups (broad SMARTS) is 1. The van der Waals surface area contributed by atoms with E-state index in [1.165, 1.54) is 4.90 Å². The Hall–Kier alpha value is -1.53. The molecule has 6 heteroatoms. The molecule has 5 nitrogen and oxygen atoms in total. The van der Waals surface area contributed by atoms with Crippen molar-refractivity contribution in [3.05, 3.63) is 30.3 Å². The van der Waals surface area contributed by atoms with Crippen LogP contribution in [0.5, 0.6) is 0 Å². The summed E-state index contributed by atoms with van der Waals surface area (Å²) < 4.78 is 0. The SMILES string of the molecule is CN(CC(=O)O)C1CCCN(C(=O)CCSc2ccccc2)CC1. The Morgan fingerprint density at radius 1 is 1.25 bits per heavy atom. The van der Waals surface area contributed by atoms with Gasteiger partial charge in [-0.3, -0.25) is 14.5 Å². The molecular weight excluding hydrogens is 324 g/mol. The van der Waals surface area contributed by atoms with Gasteiger partial charge in [0.25, 0.3) is 0 Å². The van der Waals surface area contributed by atoms with Crippen molar-refractivity contribution >= 4 is 23.6 Å². The molecule has 0 aromatic heterocycles. The van der Waals surface area contributed by atoms with Crippen molar-refractivity contribution in [2.45, 2.75) is 36.6 Å². The van der Waals surface area contributed by atoms with Gasteiger partial charge in [-0.2, -0.15) is 0 Å². The predicted molar refractivity (Wildman–Crippen MR) is 96.3 cm³/mol. The molecule has 0 bridgehead atoms. The van der Waals surface area contributed by atoms with Gasteiger partial charge in [-0.15, -0.1) is 11.8 Å². The molecule has 1 aliphatic heterocycles. The average Bonchev–Trinajstić information content (AvgIpc) is 2.81. The third-order valence-electron chi connectivity index (χ3n) is 4.39. The van der Waals surface area contributed by atoms with E-state index in [4.69, 9.17) is 5.11 Å². The van der Waals surface area contributed by atoms with E-state index >= 15 is 0 Å². The maximum atomic E-state index is 12.4. The molecule has 1 saturated heterocycles. The van der Waals surface area contributed by atoms with Gasteiger partial charge in [0.05, 0.1) is 6.54 Å². The molecule has 1 aromatic carbocycles. The van der Waals surface area contributed by atoms with Gasteiger partial charge < -0.3 is 10.0 Å². The highest BCUT2D eigenvalue weighted by molar-refractivity contribution is 7.99. The van der Waals surface area contributed by atoms with Gasteiger partial charge in [-0.1, -0.05) is 18.2 Å². The Morgan fingerprint density at radius 2 is 2.00 bits per heavy atom. The highest BCUT2D eigenvalue weighted by atomic mass is 32.2. The Labute approximate surface area is 148 Å². The van der Waals surface area contributed by atoms with Gasteiger partial charge >= 0.3 is 5.97 Å². The molecule has 0 saturated carbocycles. The van der Waals surface area contributed by atoms with Crippen molar-refractivity contribution in [3.63, 3.8) is 0 Å². The summed E-state index contributed by atoms with van der Waals surface area (Å²) in [7, 11) is 1.85. The smallest absolute Gasteiger partial charge is 0.317 e. The Balaban J connectivity index is 1.74. The van der Waals surface area contributed by atoms with Gasteiger partial charge in [-0.25, -0.2) is 0 Å². The lowest BCUT2D eigenvalue weighted by molar-refractivity contribution is -0.138. The molecule has 1 atom stereocenters. The molecule has 0 aliphatic carbocycles. The summed E-state index contributed by atoms with van der Waals surface area (Å²) in [5.74, 6) is 0.203. The van der Waals surface area contributed by atoms with Crippen molar-refractivity contribution in [2.24, 2.45) is 0 Å². The molecule has 24 heavy (non-hydrogen) atoms. The number of aliphatic carboxylic acids is 1. The van der Waals surface area contributed by atoms with E-state index in [-0.39, 0.29) is 18.5 Å². The number of nitrogens with zero attached hydrogens (tertiary/aromatic N) is 2. The molecule has 0 spiro atoms. The largest absolute Gasteiger partial charge is 0.480 e. The number of likely N-dealkylation sites (N-methyl/N-ethyl adjacent to an activating group) is 1. The number of amides is 1. The van der Waals surface area contributed by atoms with E-state index in [2.05, 4.69) is 12.1 Å². The Morgan fingerprint density at radius 3 is 2.71 bits per heavy atom. The summed E-state index contributed by atoms with van der Waals surface area (Å²) in [6.45, 7) is 1.57. The van der Waals surface area contributed by atoms with Gasteiger partial charge in [-0.05, 0) is 38.4 Å². The van der Waals surface area contributed by atoms with Crippen LogP contribution in [-0.4, -0.2) is 65.3 Å². The zero-order chi connectivity index (χ0) is 17.4. The van der Waals surface area contributed by atoms with Gasteiger partial charge in [0, 0.05) is 36.2 Å². The van der Waals surface area contributed by atoms with E-state index in [1.807, 2.05) is 35.0 Å². The Kier molecular flexibility index (Phi) is 7.59. The first kappa shape index (κ1) is 18.8. The van der Waals surface area contributed by atoms with Crippen LogP contribution < -0.4 is 0 Å². The van der Waals surface area contributed by atoms with Crippen LogP contribution in [0, 0.1) is 0 Å². The van der Waals surface area contributed by atoms with E-state index < -0.39 is 5.97 Å². The fourth-order valence-corrected chi connectivity index (χ4v) is 3.90. The lowest BCUT2D eigenvalue weighted by atomic mass is 10.1. The van der Waals surface area contributed by atoms with E-state index in [0.717, 1.165) is 38.1 Å². The minimum Gasteiger partial charge on any atom is -0.480 e. The molecule has 132 valence electrons. The maximum Gasteiger partial charge on any atom is 0.317 e. The minimum atomic E-state index is -0.799. The van der Waals surface area contributed by atoms with Crippen molar-refractivity contribution in [3.8, 4) is 0 Å². The number of thioether (sulfide) groups is 1. The van der Waals surface area contributed by atoms with Crippen molar-refractivity contribution in [2.75, 3.05) is 32.4 Å². The number of likely N-dealkylation sites (tertiary alicyclic amines) is 1. The van der Waals surface area contributed by atoms with Crippen LogP contribution >= 0.6 is 11.8 Å². The standard InChI is InChI=1S/C18H26N2O3S/c1-19(14-18(22)23)15-6-5-11-20(12-9-15)17(21)10-13-24-16-7-3-2-4-8-16/h2-4,7-8,15H,5-6,9-14H2,1H3,(H,22,23). The molecule has 1 amide bonds. The zero-order valence-electron chi connectivity index (χ0n) is 14.2. The third kappa shape index (κ3) is 6.17. The molecule has 1 aromatic rings. The number of carboxylic acids is 1. The molecule has 1 aliphatic rings. The van der Waals surface area contributed by atoms with Crippen molar-refractivity contribution in [1.82, 2.24) is 9.80 Å². The molecule has 2 rings (SSSR count). The van der Waals surface area contributed by atoms with Crippen LogP contribution in [0.1, 0.15) is 25.7 Å². The fourth-order valence-electron chi connectivity index (χ4n) is 3.04. The topological polar surface area (TPSA) is 60.9 Å². The molecule has 1 heterocycles. The van der Waals surface area contributed by atoms with E-state index in [0.29, 0.717) is 6.42 Å². The van der Waals surface area contributed by atoms with Crippen LogP contribution in [0.15, 0.2) is 35.2 Å². The maximum absolute atomic E-state index is 12.4. The second kappa shape index (κ2) is 9.69. The molecule has 1 unspecified atom stereocenters. The summed E-state index contributed by atoms with van der Waals surface area (Å²) >= 11 is 1.71. The number of hydrogen-bond acceptors (Lipinski definition) is 4. The normalized spacial score (nSPS) is 18.4. The van der Waals surface area contributed by atoms with Crippen molar-refractivity contribution < 1.29 is 14.7 Å². The van der Waals surface area contributed by atoms with Gasteiger partial charge in [0.1, 0.15) is 0 Å². The predicted octanol–water partition coefficient (Wildman–Crippen LogP) is 2.57. The van der Waals surface area contributed by atoms with Gasteiger partial charge in [0.15, 0.2) is 0 Å².